The smallest absolute Gasteiger partial charge is 0.114 e. The number of aliphatic hydroxyl groups is 1. The van der Waals surface area contributed by atoms with Crippen molar-refractivity contribution in [1.82, 2.24) is 4.98 Å². The van der Waals surface area contributed by atoms with E-state index in [1.54, 1.807) is 23.5 Å². The van der Waals surface area contributed by atoms with E-state index in [1.165, 1.54) is 27.0 Å². The first-order valence-electron chi connectivity index (χ1n) is 7.64. The zero-order valence-corrected chi connectivity index (χ0v) is 15.2. The molecule has 0 aliphatic heterocycles. The molecule has 1 N–H and O–H groups in total. The van der Waals surface area contributed by atoms with Crippen LogP contribution in [0.4, 0.5) is 0 Å². The third-order valence-corrected chi connectivity index (χ3v) is 6.42. The van der Waals surface area contributed by atoms with Gasteiger partial charge < -0.3 is 5.11 Å². The molecular weight excluding hydrogens is 322 g/mol. The maximum atomic E-state index is 11.4. The normalized spacial score (nSPS) is 14.8. The summed E-state index contributed by atoms with van der Waals surface area (Å²) >= 11 is 3.23. The Hall–Kier alpha value is -1.36. The molecule has 3 rings (SSSR count). The molecule has 3 aromatic rings. The summed E-state index contributed by atoms with van der Waals surface area (Å²) in [5.74, 6) is 0.604. The van der Waals surface area contributed by atoms with Crippen molar-refractivity contribution in [2.24, 2.45) is 5.41 Å². The molecule has 0 aliphatic rings. The summed E-state index contributed by atoms with van der Waals surface area (Å²) in [7, 11) is 0. The number of thiazole rings is 1. The number of nitrogens with zero attached hydrogens (tertiary/aromatic N) is 1. The number of fused-ring (bicyclic) bond motifs is 1. The molecular formula is C19H21NOS2. The second kappa shape index (κ2) is 6.27. The maximum absolute atomic E-state index is 11.4. The summed E-state index contributed by atoms with van der Waals surface area (Å²) in [6.07, 6.45) is 1.79. The Bertz CT molecular complexity index is 787. The Kier molecular flexibility index (Phi) is 4.50. The molecule has 0 amide bonds. The van der Waals surface area contributed by atoms with Crippen LogP contribution < -0.4 is 0 Å². The second-order valence-corrected chi connectivity index (χ2v) is 8.65. The number of hydrogen-bond acceptors (Lipinski definition) is 4. The Morgan fingerprint density at radius 1 is 1.09 bits per heavy atom. The van der Waals surface area contributed by atoms with E-state index in [9.17, 15) is 5.11 Å². The van der Waals surface area contributed by atoms with Gasteiger partial charge in [-0.3, -0.25) is 4.98 Å². The monoisotopic (exact) mass is 343 g/mol. The second-order valence-electron chi connectivity index (χ2n) is 6.74. The molecule has 1 unspecified atom stereocenters. The van der Waals surface area contributed by atoms with Crippen LogP contribution in [0.25, 0.3) is 10.8 Å². The minimum absolute atomic E-state index is 0.267. The average molecular weight is 344 g/mol. The predicted molar refractivity (Wildman–Crippen MR) is 100 cm³/mol. The number of aromatic nitrogens is 1. The Labute approximate surface area is 145 Å². The molecule has 0 spiro atoms. The van der Waals surface area contributed by atoms with Crippen LogP contribution in [0.3, 0.4) is 0 Å². The summed E-state index contributed by atoms with van der Waals surface area (Å²) in [6.45, 7) is 6.24. The van der Waals surface area contributed by atoms with Gasteiger partial charge in [-0.1, -0.05) is 57.2 Å². The molecule has 120 valence electrons. The highest BCUT2D eigenvalue weighted by molar-refractivity contribution is 7.99. The van der Waals surface area contributed by atoms with Crippen LogP contribution in [-0.4, -0.2) is 15.8 Å². The summed E-state index contributed by atoms with van der Waals surface area (Å²) in [4.78, 5) is 6.29. The molecule has 0 saturated carbocycles. The lowest BCUT2D eigenvalue weighted by Gasteiger charge is -2.39. The van der Waals surface area contributed by atoms with Gasteiger partial charge in [0, 0.05) is 16.8 Å². The fourth-order valence-corrected chi connectivity index (χ4v) is 5.07. The van der Waals surface area contributed by atoms with Crippen LogP contribution >= 0.6 is 23.1 Å². The largest absolute Gasteiger partial charge is 0.383 e. The summed E-state index contributed by atoms with van der Waals surface area (Å²) in [5.41, 5.74) is 0.613. The van der Waals surface area contributed by atoms with Crippen molar-refractivity contribution in [1.29, 1.82) is 0 Å². The standard InChI is InChI=1S/C19H21NOS2/c1-18(2,3)19(21,17-11-20-13-23-17)12-22-16-10-6-8-14-7-4-5-9-15(14)16/h4-11,13,21H,12H2,1-3H3. The van der Waals surface area contributed by atoms with Crippen molar-refractivity contribution in [2.75, 3.05) is 5.75 Å². The van der Waals surface area contributed by atoms with Crippen LogP contribution in [0, 0.1) is 5.41 Å². The van der Waals surface area contributed by atoms with Gasteiger partial charge in [0.2, 0.25) is 0 Å². The average Bonchev–Trinajstić information content (AvgIpc) is 3.06. The first-order chi connectivity index (χ1) is 10.9. The molecule has 1 aromatic heterocycles. The minimum atomic E-state index is -0.907. The third-order valence-electron chi connectivity index (χ3n) is 4.27. The molecule has 0 bridgehead atoms. The first kappa shape index (κ1) is 16.5. The van der Waals surface area contributed by atoms with Crippen molar-refractivity contribution in [2.45, 2.75) is 31.3 Å². The molecule has 2 nitrogen and oxygen atoms in total. The van der Waals surface area contributed by atoms with Crippen LogP contribution in [0.15, 0.2) is 59.1 Å². The fourth-order valence-electron chi connectivity index (χ4n) is 2.58. The van der Waals surface area contributed by atoms with Crippen molar-refractivity contribution < 1.29 is 5.11 Å². The molecule has 0 fully saturated rings. The minimum Gasteiger partial charge on any atom is -0.383 e. The van der Waals surface area contributed by atoms with Crippen LogP contribution in [0.1, 0.15) is 25.6 Å². The number of thioether (sulfide) groups is 1. The van der Waals surface area contributed by atoms with Crippen LogP contribution in [0.5, 0.6) is 0 Å². The van der Waals surface area contributed by atoms with Crippen LogP contribution in [0.2, 0.25) is 0 Å². The number of benzene rings is 2. The zero-order valence-electron chi connectivity index (χ0n) is 13.6. The van der Waals surface area contributed by atoms with E-state index in [0.717, 1.165) is 4.88 Å². The summed E-state index contributed by atoms with van der Waals surface area (Å²) in [5, 5.41) is 13.9. The molecule has 0 aliphatic carbocycles. The highest BCUT2D eigenvalue weighted by Gasteiger charge is 2.42. The molecule has 0 radical (unpaired) electrons. The van der Waals surface area contributed by atoms with Gasteiger partial charge in [-0.05, 0) is 22.3 Å². The quantitative estimate of drug-likeness (QED) is 0.651. The van der Waals surface area contributed by atoms with Gasteiger partial charge in [0.1, 0.15) is 5.60 Å². The topological polar surface area (TPSA) is 33.1 Å². The van der Waals surface area contributed by atoms with E-state index >= 15 is 0 Å². The Balaban J connectivity index is 1.93. The number of rotatable bonds is 4. The SMILES string of the molecule is CC(C)(C)C(O)(CSc1cccc2ccccc12)c1cncs1. The fraction of sp³-hybridized carbons (Fsp3) is 0.316. The van der Waals surface area contributed by atoms with Gasteiger partial charge in [-0.25, -0.2) is 0 Å². The zero-order chi connectivity index (χ0) is 16.5. The van der Waals surface area contributed by atoms with Gasteiger partial charge in [-0.15, -0.1) is 23.1 Å². The van der Waals surface area contributed by atoms with Gasteiger partial charge in [-0.2, -0.15) is 0 Å². The highest BCUT2D eigenvalue weighted by Crippen LogP contribution is 2.45. The van der Waals surface area contributed by atoms with E-state index in [0.29, 0.717) is 5.75 Å². The van der Waals surface area contributed by atoms with Crippen LogP contribution in [-0.2, 0) is 5.60 Å². The molecule has 1 atom stereocenters. The molecule has 2 aromatic carbocycles. The van der Waals surface area contributed by atoms with E-state index < -0.39 is 5.60 Å². The van der Waals surface area contributed by atoms with Gasteiger partial charge in [0.25, 0.3) is 0 Å². The third kappa shape index (κ3) is 3.16. The van der Waals surface area contributed by atoms with E-state index in [1.807, 2.05) is 0 Å². The lowest BCUT2D eigenvalue weighted by Crippen LogP contribution is -2.41. The van der Waals surface area contributed by atoms with Gasteiger partial charge in [0.05, 0.1) is 10.4 Å². The highest BCUT2D eigenvalue weighted by atomic mass is 32.2. The Morgan fingerprint density at radius 2 is 1.83 bits per heavy atom. The van der Waals surface area contributed by atoms with E-state index in [2.05, 4.69) is 68.2 Å². The number of hydrogen-bond donors (Lipinski definition) is 1. The summed E-state index contributed by atoms with van der Waals surface area (Å²) in [6, 6.07) is 14.7. The van der Waals surface area contributed by atoms with E-state index in [4.69, 9.17) is 0 Å². The lowest BCUT2D eigenvalue weighted by atomic mass is 9.77. The molecule has 0 saturated heterocycles. The van der Waals surface area contributed by atoms with E-state index in [-0.39, 0.29) is 5.41 Å². The van der Waals surface area contributed by atoms with Crippen molar-refractivity contribution in [3.05, 3.63) is 59.0 Å². The predicted octanol–water partition coefficient (Wildman–Crippen LogP) is 5.32. The van der Waals surface area contributed by atoms with Gasteiger partial charge >= 0.3 is 0 Å². The van der Waals surface area contributed by atoms with Crippen molar-refractivity contribution in [3.63, 3.8) is 0 Å². The van der Waals surface area contributed by atoms with Crippen molar-refractivity contribution >= 4 is 33.9 Å². The van der Waals surface area contributed by atoms with Gasteiger partial charge in [0.15, 0.2) is 0 Å². The molecule has 4 heteroatoms. The molecule has 1 heterocycles. The Morgan fingerprint density at radius 3 is 2.52 bits per heavy atom. The van der Waals surface area contributed by atoms with Crippen molar-refractivity contribution in [3.8, 4) is 0 Å². The lowest BCUT2D eigenvalue weighted by molar-refractivity contribution is -0.0392. The summed E-state index contributed by atoms with van der Waals surface area (Å²) < 4.78 is 0. The molecule has 23 heavy (non-hydrogen) atoms. The maximum Gasteiger partial charge on any atom is 0.114 e. The first-order valence-corrected chi connectivity index (χ1v) is 9.50.